The van der Waals surface area contributed by atoms with E-state index in [0.717, 1.165) is 58.9 Å². The van der Waals surface area contributed by atoms with Crippen LogP contribution in [-0.2, 0) is 14.2 Å². The SMILES string of the molecule is CC(C)(C)OCC(O)CN1CCC1.CC(C)(C)OC[C@@H](O)CN1CCC1.CC(C)(C)OC[C@H](O)CN1CCC1. The van der Waals surface area contributed by atoms with Crippen molar-refractivity contribution >= 4 is 0 Å². The fraction of sp³-hybridized carbons (Fsp3) is 1.00. The van der Waals surface area contributed by atoms with E-state index in [-0.39, 0.29) is 35.1 Å². The molecular formula is C30H63N3O6. The Morgan fingerprint density at radius 2 is 0.667 bits per heavy atom. The Hall–Kier alpha value is -0.360. The summed E-state index contributed by atoms with van der Waals surface area (Å²) in [6, 6.07) is 0. The summed E-state index contributed by atoms with van der Waals surface area (Å²) in [7, 11) is 0. The predicted molar refractivity (Wildman–Crippen MR) is 158 cm³/mol. The van der Waals surface area contributed by atoms with Crippen LogP contribution in [-0.4, -0.2) is 144 Å². The van der Waals surface area contributed by atoms with Crippen LogP contribution in [0, 0.1) is 0 Å². The third-order valence-electron chi connectivity index (χ3n) is 6.38. The van der Waals surface area contributed by atoms with Crippen LogP contribution in [0.25, 0.3) is 0 Å². The van der Waals surface area contributed by atoms with E-state index in [2.05, 4.69) is 14.7 Å². The van der Waals surface area contributed by atoms with Crippen molar-refractivity contribution in [2.24, 2.45) is 0 Å². The van der Waals surface area contributed by atoms with Crippen LogP contribution in [0.5, 0.6) is 0 Å². The second kappa shape index (κ2) is 17.6. The van der Waals surface area contributed by atoms with Gasteiger partial charge in [0.25, 0.3) is 0 Å². The highest BCUT2D eigenvalue weighted by atomic mass is 16.5. The number of likely N-dealkylation sites (tertiary alicyclic amines) is 3. The van der Waals surface area contributed by atoms with Crippen molar-refractivity contribution in [3.8, 4) is 0 Å². The Kier molecular flexibility index (Phi) is 16.5. The first-order chi connectivity index (χ1) is 17.9. The molecule has 0 aliphatic carbocycles. The van der Waals surface area contributed by atoms with Gasteiger partial charge in [0.2, 0.25) is 0 Å². The molecule has 0 aromatic rings. The Labute approximate surface area is 239 Å². The molecule has 234 valence electrons. The number of ether oxygens (including phenoxy) is 3. The zero-order valence-corrected chi connectivity index (χ0v) is 26.7. The van der Waals surface area contributed by atoms with Crippen molar-refractivity contribution in [3.63, 3.8) is 0 Å². The molecule has 0 spiro atoms. The highest BCUT2D eigenvalue weighted by Gasteiger charge is 2.21. The van der Waals surface area contributed by atoms with Crippen LogP contribution in [0.3, 0.4) is 0 Å². The molecule has 3 aliphatic heterocycles. The van der Waals surface area contributed by atoms with Crippen molar-refractivity contribution in [2.45, 2.75) is 117 Å². The van der Waals surface area contributed by atoms with Crippen LogP contribution < -0.4 is 0 Å². The number of nitrogens with zero attached hydrogens (tertiary/aromatic N) is 3. The second-order valence-corrected chi connectivity index (χ2v) is 14.2. The number of aliphatic hydroxyl groups excluding tert-OH is 3. The minimum Gasteiger partial charge on any atom is -0.389 e. The molecule has 0 bridgehead atoms. The molecule has 3 saturated heterocycles. The molecule has 3 aliphatic rings. The lowest BCUT2D eigenvalue weighted by molar-refractivity contribution is -0.0600. The molecule has 3 rings (SSSR count). The first kappa shape index (κ1) is 36.7. The maximum absolute atomic E-state index is 9.58. The highest BCUT2D eigenvalue weighted by molar-refractivity contribution is 4.74. The number of hydrogen-bond donors (Lipinski definition) is 3. The normalized spacial score (nSPS) is 21.2. The molecule has 0 radical (unpaired) electrons. The lowest BCUT2D eigenvalue weighted by Gasteiger charge is -2.33. The van der Waals surface area contributed by atoms with Gasteiger partial charge in [-0.2, -0.15) is 0 Å². The van der Waals surface area contributed by atoms with Gasteiger partial charge >= 0.3 is 0 Å². The van der Waals surface area contributed by atoms with Crippen molar-refractivity contribution in [2.75, 3.05) is 78.7 Å². The van der Waals surface area contributed by atoms with Crippen molar-refractivity contribution in [1.29, 1.82) is 0 Å². The van der Waals surface area contributed by atoms with E-state index in [4.69, 9.17) is 14.2 Å². The Bertz CT molecular complexity index is 534. The molecule has 3 N–H and O–H groups in total. The van der Waals surface area contributed by atoms with E-state index in [0.29, 0.717) is 19.8 Å². The summed E-state index contributed by atoms with van der Waals surface area (Å²) in [5.41, 5.74) is -0.429. The van der Waals surface area contributed by atoms with E-state index in [1.165, 1.54) is 19.3 Å². The van der Waals surface area contributed by atoms with Gasteiger partial charge in [0.15, 0.2) is 0 Å². The summed E-state index contributed by atoms with van der Waals surface area (Å²) >= 11 is 0. The molecule has 0 aromatic heterocycles. The van der Waals surface area contributed by atoms with E-state index in [9.17, 15) is 15.3 Å². The molecule has 0 aromatic carbocycles. The minimum absolute atomic E-state index is 0.143. The first-order valence-electron chi connectivity index (χ1n) is 15.0. The quantitative estimate of drug-likeness (QED) is 0.332. The van der Waals surface area contributed by atoms with E-state index in [1.54, 1.807) is 0 Å². The Morgan fingerprint density at radius 3 is 0.795 bits per heavy atom. The van der Waals surface area contributed by atoms with Gasteiger partial charge in [-0.3, -0.25) is 0 Å². The van der Waals surface area contributed by atoms with E-state index < -0.39 is 0 Å². The maximum atomic E-state index is 9.58. The van der Waals surface area contributed by atoms with Gasteiger partial charge in [-0.15, -0.1) is 0 Å². The van der Waals surface area contributed by atoms with Crippen molar-refractivity contribution in [1.82, 2.24) is 14.7 Å². The molecule has 3 atom stereocenters. The number of rotatable bonds is 12. The summed E-state index contributed by atoms with van der Waals surface area (Å²) in [5, 5.41) is 28.7. The Balaban J connectivity index is 0.000000292. The zero-order chi connectivity index (χ0) is 29.7. The summed E-state index contributed by atoms with van der Waals surface area (Å²) in [6.07, 6.45) is 2.81. The van der Waals surface area contributed by atoms with Gasteiger partial charge in [-0.05, 0) is 121 Å². The maximum Gasteiger partial charge on any atom is 0.0900 e. The van der Waals surface area contributed by atoms with Gasteiger partial charge in [-0.25, -0.2) is 0 Å². The Morgan fingerprint density at radius 1 is 0.462 bits per heavy atom. The fourth-order valence-electron chi connectivity index (χ4n) is 3.78. The van der Waals surface area contributed by atoms with Gasteiger partial charge < -0.3 is 44.2 Å². The largest absolute Gasteiger partial charge is 0.389 e. The summed E-state index contributed by atoms with van der Waals surface area (Å²) in [6.45, 7) is 28.4. The summed E-state index contributed by atoms with van der Waals surface area (Å²) in [5.74, 6) is 0. The van der Waals surface area contributed by atoms with Crippen LogP contribution in [0.15, 0.2) is 0 Å². The van der Waals surface area contributed by atoms with Crippen LogP contribution in [0.1, 0.15) is 81.6 Å². The number of β-amino-alcohol motifs (C(OH)–C–C–N with tert-alkyl or cyclic N) is 3. The fourth-order valence-corrected chi connectivity index (χ4v) is 3.78. The van der Waals surface area contributed by atoms with Gasteiger partial charge in [0.05, 0.1) is 54.9 Å². The van der Waals surface area contributed by atoms with E-state index >= 15 is 0 Å². The molecule has 9 heteroatoms. The van der Waals surface area contributed by atoms with Crippen LogP contribution in [0.2, 0.25) is 0 Å². The molecule has 9 nitrogen and oxygen atoms in total. The minimum atomic E-state index is -0.334. The van der Waals surface area contributed by atoms with Gasteiger partial charge in [-0.1, -0.05) is 0 Å². The van der Waals surface area contributed by atoms with Crippen LogP contribution in [0.4, 0.5) is 0 Å². The zero-order valence-electron chi connectivity index (χ0n) is 26.7. The number of hydrogen-bond acceptors (Lipinski definition) is 9. The standard InChI is InChI=1S/3C10H21NO2/c3*1-10(2,3)13-8-9(12)7-11-5-4-6-11/h3*9,12H,4-8H2,1-3H3/t2*9-;/m10./s1. The molecule has 0 saturated carbocycles. The third-order valence-corrected chi connectivity index (χ3v) is 6.38. The predicted octanol–water partition coefficient (Wildman–Crippen LogP) is 2.60. The second-order valence-electron chi connectivity index (χ2n) is 14.2. The first-order valence-corrected chi connectivity index (χ1v) is 15.0. The average Bonchev–Trinajstić information content (AvgIpc) is 2.71. The van der Waals surface area contributed by atoms with Crippen molar-refractivity contribution < 1.29 is 29.5 Å². The highest BCUT2D eigenvalue weighted by Crippen LogP contribution is 2.12. The van der Waals surface area contributed by atoms with Crippen LogP contribution >= 0.6 is 0 Å². The molecule has 3 fully saturated rings. The van der Waals surface area contributed by atoms with E-state index in [1.807, 2.05) is 62.3 Å². The van der Waals surface area contributed by atoms with Crippen molar-refractivity contribution in [3.05, 3.63) is 0 Å². The topological polar surface area (TPSA) is 98.1 Å². The number of aliphatic hydroxyl groups is 3. The summed E-state index contributed by atoms with van der Waals surface area (Å²) < 4.78 is 16.5. The molecule has 39 heavy (non-hydrogen) atoms. The average molecular weight is 562 g/mol. The molecule has 3 heterocycles. The lowest BCUT2D eigenvalue weighted by Crippen LogP contribution is -2.44. The summed E-state index contributed by atoms with van der Waals surface area (Å²) in [4.78, 5) is 6.74. The monoisotopic (exact) mass is 561 g/mol. The lowest BCUT2D eigenvalue weighted by atomic mass is 10.2. The smallest absolute Gasteiger partial charge is 0.0900 e. The molecule has 1 unspecified atom stereocenters. The van der Waals surface area contributed by atoms with Gasteiger partial charge in [0, 0.05) is 19.6 Å². The van der Waals surface area contributed by atoms with Gasteiger partial charge in [0.1, 0.15) is 0 Å². The third kappa shape index (κ3) is 21.1. The molecular weight excluding hydrogens is 498 g/mol. The molecule has 0 amide bonds.